The van der Waals surface area contributed by atoms with Crippen molar-refractivity contribution in [1.82, 2.24) is 9.78 Å². The topological polar surface area (TPSA) is 53.1 Å². The molecule has 1 aromatic carbocycles. The van der Waals surface area contributed by atoms with E-state index in [0.717, 1.165) is 25.3 Å². The van der Waals surface area contributed by atoms with Crippen LogP contribution < -0.4 is 5.73 Å². The van der Waals surface area contributed by atoms with Crippen molar-refractivity contribution in [3.8, 4) is 11.3 Å². The SMILES string of the molecule is Nc1c(F)cc(-c2ccnn2C2CCCCO2)c(F)c1Cl. The largest absolute Gasteiger partial charge is 0.395 e. The first-order valence-electron chi connectivity index (χ1n) is 6.68. The van der Waals surface area contributed by atoms with Crippen LogP contribution in [0.25, 0.3) is 11.3 Å². The first-order chi connectivity index (χ1) is 10.1. The maximum atomic E-state index is 14.3. The molecule has 0 radical (unpaired) electrons. The molecule has 112 valence electrons. The van der Waals surface area contributed by atoms with E-state index in [-0.39, 0.29) is 11.8 Å². The standard InChI is InChI=1S/C14H14ClF2N3O/c15-12-13(17)8(7-9(16)14(12)18)10-4-5-19-20(10)11-3-1-2-6-21-11/h4-5,7,11H,1-3,6,18H2. The smallest absolute Gasteiger partial charge is 0.153 e. The molecule has 0 bridgehead atoms. The Labute approximate surface area is 125 Å². The Morgan fingerprint density at radius 1 is 1.38 bits per heavy atom. The van der Waals surface area contributed by atoms with E-state index in [1.165, 1.54) is 6.20 Å². The number of benzene rings is 1. The van der Waals surface area contributed by atoms with Gasteiger partial charge in [-0.25, -0.2) is 13.5 Å². The van der Waals surface area contributed by atoms with E-state index in [1.807, 2.05) is 0 Å². The maximum absolute atomic E-state index is 14.3. The highest BCUT2D eigenvalue weighted by atomic mass is 35.5. The summed E-state index contributed by atoms with van der Waals surface area (Å²) in [6.07, 6.45) is 4.02. The van der Waals surface area contributed by atoms with Crippen molar-refractivity contribution in [2.24, 2.45) is 0 Å². The predicted molar refractivity (Wildman–Crippen MR) is 75.8 cm³/mol. The van der Waals surface area contributed by atoms with Gasteiger partial charge in [0.2, 0.25) is 0 Å². The van der Waals surface area contributed by atoms with Gasteiger partial charge in [-0.15, -0.1) is 0 Å². The molecule has 0 aliphatic carbocycles. The summed E-state index contributed by atoms with van der Waals surface area (Å²) in [6.45, 7) is 0.628. The van der Waals surface area contributed by atoms with Gasteiger partial charge in [0, 0.05) is 18.4 Å². The lowest BCUT2D eigenvalue weighted by Crippen LogP contribution is -2.20. The van der Waals surface area contributed by atoms with Gasteiger partial charge >= 0.3 is 0 Å². The average molecular weight is 314 g/mol. The molecule has 1 unspecified atom stereocenters. The van der Waals surface area contributed by atoms with Gasteiger partial charge < -0.3 is 10.5 Å². The molecule has 1 atom stereocenters. The molecule has 1 saturated heterocycles. The van der Waals surface area contributed by atoms with Crippen molar-refractivity contribution < 1.29 is 13.5 Å². The molecule has 2 N–H and O–H groups in total. The van der Waals surface area contributed by atoms with Crippen LogP contribution in [0.2, 0.25) is 5.02 Å². The highest BCUT2D eigenvalue weighted by molar-refractivity contribution is 6.33. The van der Waals surface area contributed by atoms with Crippen molar-refractivity contribution in [3.05, 3.63) is 35.0 Å². The van der Waals surface area contributed by atoms with Gasteiger partial charge in [-0.05, 0) is 31.4 Å². The van der Waals surface area contributed by atoms with Crippen molar-refractivity contribution >= 4 is 17.3 Å². The Morgan fingerprint density at radius 2 is 2.19 bits per heavy atom. The summed E-state index contributed by atoms with van der Waals surface area (Å²) in [7, 11) is 0. The molecule has 21 heavy (non-hydrogen) atoms. The fourth-order valence-corrected chi connectivity index (χ4v) is 2.66. The monoisotopic (exact) mass is 313 g/mol. The van der Waals surface area contributed by atoms with Crippen molar-refractivity contribution in [2.75, 3.05) is 12.3 Å². The number of nitrogens with zero attached hydrogens (tertiary/aromatic N) is 2. The second kappa shape index (κ2) is 5.61. The van der Waals surface area contributed by atoms with Gasteiger partial charge in [0.15, 0.2) is 12.0 Å². The minimum absolute atomic E-state index is 0.0263. The van der Waals surface area contributed by atoms with Crippen LogP contribution in [0.1, 0.15) is 25.5 Å². The Hall–Kier alpha value is -1.66. The van der Waals surface area contributed by atoms with Gasteiger partial charge in [0.05, 0.1) is 11.4 Å². The molecular weight excluding hydrogens is 300 g/mol. The number of nitrogen functional groups attached to an aromatic ring is 1. The van der Waals surface area contributed by atoms with Crippen LogP contribution in [0.4, 0.5) is 14.5 Å². The molecule has 1 fully saturated rings. The lowest BCUT2D eigenvalue weighted by molar-refractivity contribution is -0.0383. The zero-order valence-electron chi connectivity index (χ0n) is 11.2. The van der Waals surface area contributed by atoms with Gasteiger partial charge in [-0.3, -0.25) is 0 Å². The van der Waals surface area contributed by atoms with Crippen LogP contribution >= 0.6 is 11.6 Å². The number of hydrogen-bond acceptors (Lipinski definition) is 3. The molecule has 2 heterocycles. The Morgan fingerprint density at radius 3 is 2.90 bits per heavy atom. The molecule has 7 heteroatoms. The summed E-state index contributed by atoms with van der Waals surface area (Å²) in [6, 6.07) is 2.63. The average Bonchev–Trinajstić information content (AvgIpc) is 2.99. The molecule has 1 aromatic heterocycles. The first-order valence-corrected chi connectivity index (χ1v) is 7.06. The number of ether oxygens (including phenoxy) is 1. The van der Waals surface area contributed by atoms with Crippen LogP contribution in [0.15, 0.2) is 18.3 Å². The van der Waals surface area contributed by atoms with Crippen LogP contribution in [0, 0.1) is 11.6 Å². The fourth-order valence-electron chi connectivity index (χ4n) is 2.47. The number of anilines is 1. The molecule has 2 aromatic rings. The highest BCUT2D eigenvalue weighted by Gasteiger charge is 2.23. The van der Waals surface area contributed by atoms with E-state index < -0.39 is 22.3 Å². The number of hydrogen-bond donors (Lipinski definition) is 1. The third-order valence-electron chi connectivity index (χ3n) is 3.57. The quantitative estimate of drug-likeness (QED) is 0.678. The lowest BCUT2D eigenvalue weighted by atomic mass is 10.1. The zero-order valence-corrected chi connectivity index (χ0v) is 11.9. The summed E-state index contributed by atoms with van der Waals surface area (Å²) >= 11 is 5.74. The number of rotatable bonds is 2. The van der Waals surface area contributed by atoms with Crippen LogP contribution in [0.3, 0.4) is 0 Å². The zero-order chi connectivity index (χ0) is 15.0. The molecule has 0 saturated carbocycles. The normalized spacial score (nSPS) is 18.9. The van der Waals surface area contributed by atoms with Crippen LogP contribution in [0.5, 0.6) is 0 Å². The number of aromatic nitrogens is 2. The van der Waals surface area contributed by atoms with E-state index in [9.17, 15) is 8.78 Å². The van der Waals surface area contributed by atoms with Crippen molar-refractivity contribution in [2.45, 2.75) is 25.5 Å². The van der Waals surface area contributed by atoms with E-state index in [4.69, 9.17) is 22.1 Å². The molecule has 1 aliphatic heterocycles. The first kappa shape index (κ1) is 14.3. The molecule has 0 spiro atoms. The summed E-state index contributed by atoms with van der Waals surface area (Å²) < 4.78 is 35.2. The van der Waals surface area contributed by atoms with E-state index in [1.54, 1.807) is 10.7 Å². The molecule has 0 amide bonds. The summed E-state index contributed by atoms with van der Waals surface area (Å²) in [4.78, 5) is 0. The summed E-state index contributed by atoms with van der Waals surface area (Å²) in [5, 5.41) is 3.75. The number of nitrogens with two attached hydrogens (primary N) is 1. The van der Waals surface area contributed by atoms with E-state index >= 15 is 0 Å². The van der Waals surface area contributed by atoms with E-state index in [2.05, 4.69) is 5.10 Å². The molecule has 4 nitrogen and oxygen atoms in total. The predicted octanol–water partition coefficient (Wildman–Crippen LogP) is 3.76. The molecule has 3 rings (SSSR count). The summed E-state index contributed by atoms with van der Waals surface area (Å²) in [5.74, 6) is -1.51. The highest BCUT2D eigenvalue weighted by Crippen LogP contribution is 2.35. The second-order valence-electron chi connectivity index (χ2n) is 4.93. The van der Waals surface area contributed by atoms with Crippen molar-refractivity contribution in [3.63, 3.8) is 0 Å². The van der Waals surface area contributed by atoms with Crippen LogP contribution in [-0.2, 0) is 4.74 Å². The van der Waals surface area contributed by atoms with Gasteiger partial charge in [0.1, 0.15) is 10.8 Å². The van der Waals surface area contributed by atoms with Crippen LogP contribution in [-0.4, -0.2) is 16.4 Å². The summed E-state index contributed by atoms with van der Waals surface area (Å²) in [5.41, 5.74) is 5.44. The van der Waals surface area contributed by atoms with Crippen molar-refractivity contribution in [1.29, 1.82) is 0 Å². The van der Waals surface area contributed by atoms with Gasteiger partial charge in [-0.1, -0.05) is 11.6 Å². The minimum atomic E-state index is -0.756. The second-order valence-corrected chi connectivity index (χ2v) is 5.31. The third-order valence-corrected chi connectivity index (χ3v) is 3.94. The van der Waals surface area contributed by atoms with Gasteiger partial charge in [0.25, 0.3) is 0 Å². The van der Waals surface area contributed by atoms with Gasteiger partial charge in [-0.2, -0.15) is 5.10 Å². The third kappa shape index (κ3) is 2.49. The van der Waals surface area contributed by atoms with E-state index in [0.29, 0.717) is 12.3 Å². The fraction of sp³-hybridized carbons (Fsp3) is 0.357. The lowest BCUT2D eigenvalue weighted by Gasteiger charge is -2.24. The molecular formula is C14H14ClF2N3O. The minimum Gasteiger partial charge on any atom is -0.395 e. The maximum Gasteiger partial charge on any atom is 0.153 e. The Bertz CT molecular complexity index is 668. The number of halogens is 3. The Balaban J connectivity index is 2.08. The Kier molecular flexibility index (Phi) is 3.82. The molecule has 1 aliphatic rings.